The monoisotopic (exact) mass is 402 g/mol. The van der Waals surface area contributed by atoms with E-state index in [4.69, 9.17) is 0 Å². The van der Waals surface area contributed by atoms with Crippen molar-refractivity contribution < 1.29 is 0 Å². The predicted octanol–water partition coefficient (Wildman–Crippen LogP) is 4.72. The summed E-state index contributed by atoms with van der Waals surface area (Å²) in [4.78, 5) is 5.12. The average molecular weight is 403 g/mol. The Morgan fingerprint density at radius 2 is 1.38 bits per heavy atom. The molecule has 3 aromatic rings. The number of anilines is 1. The van der Waals surface area contributed by atoms with E-state index in [1.807, 2.05) is 0 Å². The third-order valence-electron chi connectivity index (χ3n) is 5.95. The lowest BCUT2D eigenvalue weighted by Crippen LogP contribution is -2.39. The van der Waals surface area contributed by atoms with Crippen molar-refractivity contribution >= 4 is 24.2 Å². The molecule has 1 fully saturated rings. The normalized spacial score (nSPS) is 17.0. The summed E-state index contributed by atoms with van der Waals surface area (Å²) in [7, 11) is 1.90. The highest BCUT2D eigenvalue weighted by Gasteiger charge is 2.28. The van der Waals surface area contributed by atoms with Crippen LogP contribution >= 0.6 is 7.92 Å². The van der Waals surface area contributed by atoms with Gasteiger partial charge in [0.2, 0.25) is 0 Å². The molecule has 1 aliphatic rings. The second kappa shape index (κ2) is 10.1. The zero-order valence-corrected chi connectivity index (χ0v) is 18.2. The third kappa shape index (κ3) is 5.26. The number of likely N-dealkylation sites (N-methyl/N-ethyl adjacent to an activating group) is 1. The zero-order valence-electron chi connectivity index (χ0n) is 17.3. The molecule has 2 nitrogen and oxygen atoms in total. The first kappa shape index (κ1) is 20.1. The van der Waals surface area contributed by atoms with E-state index >= 15 is 0 Å². The van der Waals surface area contributed by atoms with Gasteiger partial charge in [-0.2, -0.15) is 0 Å². The van der Waals surface area contributed by atoms with Gasteiger partial charge in [-0.1, -0.05) is 78.9 Å². The second-order valence-corrected chi connectivity index (χ2v) is 10.1. The molecule has 1 heterocycles. The van der Waals surface area contributed by atoms with Crippen molar-refractivity contribution in [3.05, 3.63) is 91.0 Å². The highest BCUT2D eigenvalue weighted by molar-refractivity contribution is 7.73. The van der Waals surface area contributed by atoms with Gasteiger partial charge in [0.05, 0.1) is 0 Å². The zero-order chi connectivity index (χ0) is 19.9. The Balaban J connectivity index is 1.44. The van der Waals surface area contributed by atoms with E-state index in [0.29, 0.717) is 6.04 Å². The van der Waals surface area contributed by atoms with Gasteiger partial charge in [-0.05, 0) is 56.2 Å². The van der Waals surface area contributed by atoms with Crippen LogP contribution in [-0.4, -0.2) is 43.8 Å². The van der Waals surface area contributed by atoms with E-state index in [2.05, 4.69) is 108 Å². The van der Waals surface area contributed by atoms with E-state index in [1.165, 1.54) is 41.8 Å². The van der Waals surface area contributed by atoms with Crippen molar-refractivity contribution in [3.63, 3.8) is 0 Å². The molecule has 0 radical (unpaired) electrons. The first-order chi connectivity index (χ1) is 14.3. The third-order valence-corrected chi connectivity index (χ3v) is 8.58. The van der Waals surface area contributed by atoms with Gasteiger partial charge < -0.3 is 4.90 Å². The number of para-hydroxylation sites is 1. The second-order valence-electron chi connectivity index (χ2n) is 7.87. The summed E-state index contributed by atoms with van der Waals surface area (Å²) in [5.74, 6) is 0. The first-order valence-corrected chi connectivity index (χ1v) is 12.2. The molecular formula is C26H31N2P. The van der Waals surface area contributed by atoms with Gasteiger partial charge in [-0.3, -0.25) is 4.90 Å². The van der Waals surface area contributed by atoms with Gasteiger partial charge in [0.15, 0.2) is 0 Å². The van der Waals surface area contributed by atoms with Crippen LogP contribution in [0.25, 0.3) is 0 Å². The Morgan fingerprint density at radius 1 is 0.828 bits per heavy atom. The maximum absolute atomic E-state index is 2.74. The molecule has 0 bridgehead atoms. The highest BCUT2D eigenvalue weighted by Crippen LogP contribution is 2.37. The number of benzene rings is 3. The molecule has 0 saturated carbocycles. The van der Waals surface area contributed by atoms with Gasteiger partial charge in [-0.15, -0.1) is 0 Å². The summed E-state index contributed by atoms with van der Waals surface area (Å²) in [6.07, 6.45) is 3.92. The van der Waals surface area contributed by atoms with E-state index in [1.54, 1.807) is 0 Å². The van der Waals surface area contributed by atoms with Gasteiger partial charge in [0, 0.05) is 31.9 Å². The highest BCUT2D eigenvalue weighted by atomic mass is 31.1. The summed E-state index contributed by atoms with van der Waals surface area (Å²) in [5, 5.41) is 3.00. The van der Waals surface area contributed by atoms with Crippen molar-refractivity contribution in [3.8, 4) is 0 Å². The molecule has 1 atom stereocenters. The summed E-state index contributed by atoms with van der Waals surface area (Å²) in [6.45, 7) is 3.46. The number of likely N-dealkylation sites (tertiary alicyclic amines) is 1. The Kier molecular flexibility index (Phi) is 6.98. The van der Waals surface area contributed by atoms with Crippen molar-refractivity contribution in [1.29, 1.82) is 0 Å². The van der Waals surface area contributed by atoms with Gasteiger partial charge >= 0.3 is 0 Å². The van der Waals surface area contributed by atoms with E-state index in [9.17, 15) is 0 Å². The minimum Gasteiger partial charge on any atom is -0.373 e. The molecule has 0 N–H and O–H groups in total. The summed E-state index contributed by atoms with van der Waals surface area (Å²) in [5.41, 5.74) is 1.30. The number of hydrogen-bond acceptors (Lipinski definition) is 2. The lowest BCUT2D eigenvalue weighted by atomic mass is 10.2. The Morgan fingerprint density at radius 3 is 1.97 bits per heavy atom. The number of nitrogens with zero attached hydrogens (tertiary/aromatic N) is 2. The SMILES string of the molecule is CN(CCN1CCC[C@H]1CP(c1ccccc1)c1ccccc1)c1ccccc1. The van der Waals surface area contributed by atoms with E-state index in [-0.39, 0.29) is 7.92 Å². The Labute approximate surface area is 176 Å². The standard InChI is InChI=1S/C26H31N2P/c1-27(23-12-5-2-6-13-23)20-21-28-19-11-14-24(28)22-29(25-15-7-3-8-16-25)26-17-9-4-10-18-26/h2-10,12-13,15-18,24H,11,14,19-22H2,1H3/t24-/m0/s1. The van der Waals surface area contributed by atoms with Crippen molar-refractivity contribution in [2.45, 2.75) is 18.9 Å². The molecule has 0 aliphatic carbocycles. The molecule has 1 aliphatic heterocycles. The lowest BCUT2D eigenvalue weighted by Gasteiger charge is -2.31. The lowest BCUT2D eigenvalue weighted by molar-refractivity contribution is 0.278. The largest absolute Gasteiger partial charge is 0.373 e. The number of hydrogen-bond donors (Lipinski definition) is 0. The average Bonchev–Trinajstić information content (AvgIpc) is 3.24. The topological polar surface area (TPSA) is 6.48 Å². The molecular weight excluding hydrogens is 371 g/mol. The minimum atomic E-state index is -0.314. The molecule has 150 valence electrons. The number of rotatable bonds is 8. The quantitative estimate of drug-likeness (QED) is 0.503. The van der Waals surface area contributed by atoms with E-state index in [0.717, 1.165) is 13.1 Å². The summed E-state index contributed by atoms with van der Waals surface area (Å²) >= 11 is 0. The predicted molar refractivity (Wildman–Crippen MR) is 128 cm³/mol. The van der Waals surface area contributed by atoms with Gasteiger partial charge in [-0.25, -0.2) is 0 Å². The maximum Gasteiger partial charge on any atom is 0.0364 e. The summed E-state index contributed by atoms with van der Waals surface area (Å²) < 4.78 is 0. The molecule has 4 rings (SSSR count). The van der Waals surface area contributed by atoms with Crippen LogP contribution in [0.4, 0.5) is 5.69 Å². The van der Waals surface area contributed by atoms with Crippen LogP contribution in [0.5, 0.6) is 0 Å². The van der Waals surface area contributed by atoms with Crippen molar-refractivity contribution in [2.24, 2.45) is 0 Å². The fraction of sp³-hybridized carbons (Fsp3) is 0.308. The van der Waals surface area contributed by atoms with Gasteiger partial charge in [0.1, 0.15) is 0 Å². The van der Waals surface area contributed by atoms with Crippen LogP contribution in [0.1, 0.15) is 12.8 Å². The first-order valence-electron chi connectivity index (χ1n) is 10.7. The minimum absolute atomic E-state index is 0.314. The molecule has 0 amide bonds. The molecule has 1 saturated heterocycles. The fourth-order valence-corrected chi connectivity index (χ4v) is 6.89. The molecule has 0 aromatic heterocycles. The van der Waals surface area contributed by atoms with E-state index < -0.39 is 0 Å². The van der Waals surface area contributed by atoms with Crippen LogP contribution in [0.3, 0.4) is 0 Å². The fourth-order valence-electron chi connectivity index (χ4n) is 4.27. The molecule has 3 heteroatoms. The van der Waals surface area contributed by atoms with Crippen LogP contribution in [0.2, 0.25) is 0 Å². The maximum atomic E-state index is 2.74. The van der Waals surface area contributed by atoms with Gasteiger partial charge in [0.25, 0.3) is 0 Å². The molecule has 29 heavy (non-hydrogen) atoms. The van der Waals surface area contributed by atoms with Crippen LogP contribution in [-0.2, 0) is 0 Å². The molecule has 0 unspecified atom stereocenters. The van der Waals surface area contributed by atoms with Crippen molar-refractivity contribution in [1.82, 2.24) is 4.90 Å². The van der Waals surface area contributed by atoms with Crippen LogP contribution in [0, 0.1) is 0 Å². The summed E-state index contributed by atoms with van der Waals surface area (Å²) in [6, 6.07) is 33.7. The molecule has 3 aromatic carbocycles. The van der Waals surface area contributed by atoms with Crippen LogP contribution < -0.4 is 15.5 Å². The van der Waals surface area contributed by atoms with Crippen LogP contribution in [0.15, 0.2) is 91.0 Å². The Bertz CT molecular complexity index is 814. The Hall–Kier alpha value is -2.15. The molecule has 0 spiro atoms. The van der Waals surface area contributed by atoms with Crippen molar-refractivity contribution in [2.75, 3.05) is 37.7 Å². The smallest absolute Gasteiger partial charge is 0.0364 e.